The molecule has 2 aromatic rings. The van der Waals surface area contributed by atoms with Gasteiger partial charge < -0.3 is 9.64 Å². The van der Waals surface area contributed by atoms with Gasteiger partial charge in [0.1, 0.15) is 5.75 Å². The Morgan fingerprint density at radius 1 is 1.08 bits per heavy atom. The van der Waals surface area contributed by atoms with Crippen molar-refractivity contribution in [1.29, 1.82) is 0 Å². The van der Waals surface area contributed by atoms with Crippen molar-refractivity contribution in [2.45, 2.75) is 26.3 Å². The van der Waals surface area contributed by atoms with Gasteiger partial charge in [-0.2, -0.15) is 0 Å². The van der Waals surface area contributed by atoms with Gasteiger partial charge >= 0.3 is 0 Å². The average Bonchev–Trinajstić information content (AvgIpc) is 2.67. The molecule has 26 heavy (non-hydrogen) atoms. The number of ether oxygens (including phenoxy) is 1. The van der Waals surface area contributed by atoms with Crippen LogP contribution >= 0.6 is 0 Å². The summed E-state index contributed by atoms with van der Waals surface area (Å²) in [5, 5.41) is 0. The Labute approximate surface area is 156 Å². The summed E-state index contributed by atoms with van der Waals surface area (Å²) in [7, 11) is 0. The maximum absolute atomic E-state index is 12.5. The van der Waals surface area contributed by atoms with Gasteiger partial charge in [0, 0.05) is 32.2 Å². The highest BCUT2D eigenvalue weighted by Crippen LogP contribution is 2.14. The molecule has 4 nitrogen and oxygen atoms in total. The predicted molar refractivity (Wildman–Crippen MR) is 104 cm³/mol. The van der Waals surface area contributed by atoms with E-state index in [2.05, 4.69) is 42.2 Å². The molecule has 1 saturated heterocycles. The Morgan fingerprint density at radius 2 is 1.81 bits per heavy atom. The molecular weight excluding hydrogens is 324 g/mol. The summed E-state index contributed by atoms with van der Waals surface area (Å²) in [6, 6.07) is 18.7. The molecule has 0 saturated carbocycles. The molecule has 1 aliphatic rings. The molecule has 0 aliphatic carbocycles. The van der Waals surface area contributed by atoms with Gasteiger partial charge in [0.25, 0.3) is 5.91 Å². The molecule has 4 heteroatoms. The van der Waals surface area contributed by atoms with Gasteiger partial charge in [-0.05, 0) is 38.0 Å². The lowest BCUT2D eigenvalue weighted by atomic mass is 10.1. The van der Waals surface area contributed by atoms with E-state index >= 15 is 0 Å². The fourth-order valence-corrected chi connectivity index (χ4v) is 3.34. The lowest BCUT2D eigenvalue weighted by molar-refractivity contribution is -0.136. The SMILES string of the molecule is Cc1ccc(OCC(=O)N2CCN(CCc3ccccc3)C(C)C2)cc1. The second kappa shape index (κ2) is 8.86. The first-order valence-corrected chi connectivity index (χ1v) is 9.37. The number of amides is 1. The van der Waals surface area contributed by atoms with Crippen LogP contribution in [0.4, 0.5) is 0 Å². The predicted octanol–water partition coefficient (Wildman–Crippen LogP) is 3.15. The Morgan fingerprint density at radius 3 is 2.50 bits per heavy atom. The summed E-state index contributed by atoms with van der Waals surface area (Å²) in [5.41, 5.74) is 2.55. The van der Waals surface area contributed by atoms with Crippen molar-refractivity contribution in [3.63, 3.8) is 0 Å². The first-order valence-electron chi connectivity index (χ1n) is 9.37. The maximum atomic E-state index is 12.5. The number of hydrogen-bond acceptors (Lipinski definition) is 3. The molecule has 0 aromatic heterocycles. The van der Waals surface area contributed by atoms with E-state index in [0.29, 0.717) is 6.04 Å². The van der Waals surface area contributed by atoms with Crippen molar-refractivity contribution in [3.05, 3.63) is 65.7 Å². The Kier molecular flexibility index (Phi) is 6.29. The summed E-state index contributed by atoms with van der Waals surface area (Å²) in [6.07, 6.45) is 1.05. The average molecular weight is 352 g/mol. The van der Waals surface area contributed by atoms with Crippen LogP contribution in [0.25, 0.3) is 0 Å². The fraction of sp³-hybridized carbons (Fsp3) is 0.409. The van der Waals surface area contributed by atoms with Crippen molar-refractivity contribution >= 4 is 5.91 Å². The van der Waals surface area contributed by atoms with Gasteiger partial charge in [0.15, 0.2) is 6.61 Å². The third kappa shape index (κ3) is 5.09. The molecular formula is C22H28N2O2. The number of piperazine rings is 1. The highest BCUT2D eigenvalue weighted by Gasteiger charge is 2.26. The first kappa shape index (κ1) is 18.5. The van der Waals surface area contributed by atoms with Gasteiger partial charge in [-0.1, -0.05) is 48.0 Å². The van der Waals surface area contributed by atoms with Gasteiger partial charge in [-0.25, -0.2) is 0 Å². The molecule has 0 radical (unpaired) electrons. The van der Waals surface area contributed by atoms with E-state index < -0.39 is 0 Å². The standard InChI is InChI=1S/C22H28N2O2/c1-18-8-10-21(11-9-18)26-17-22(25)24-15-14-23(19(2)16-24)13-12-20-6-4-3-5-7-20/h3-11,19H,12-17H2,1-2H3. The Hall–Kier alpha value is -2.33. The number of benzene rings is 2. The molecule has 1 heterocycles. The van der Waals surface area contributed by atoms with Crippen molar-refractivity contribution in [2.75, 3.05) is 32.8 Å². The molecule has 1 amide bonds. The van der Waals surface area contributed by atoms with E-state index in [9.17, 15) is 4.79 Å². The zero-order valence-corrected chi connectivity index (χ0v) is 15.7. The van der Waals surface area contributed by atoms with Crippen LogP contribution in [0.3, 0.4) is 0 Å². The zero-order chi connectivity index (χ0) is 18.4. The maximum Gasteiger partial charge on any atom is 0.260 e. The number of nitrogens with zero attached hydrogens (tertiary/aromatic N) is 2. The van der Waals surface area contributed by atoms with E-state index in [1.54, 1.807) is 0 Å². The first-order chi connectivity index (χ1) is 12.6. The minimum atomic E-state index is 0.0696. The summed E-state index contributed by atoms with van der Waals surface area (Å²) < 4.78 is 5.64. The van der Waals surface area contributed by atoms with Crippen molar-refractivity contribution in [2.24, 2.45) is 0 Å². The highest BCUT2D eigenvalue weighted by atomic mass is 16.5. The number of aryl methyl sites for hydroxylation is 1. The minimum Gasteiger partial charge on any atom is -0.484 e. The van der Waals surface area contributed by atoms with Crippen LogP contribution in [0, 0.1) is 6.92 Å². The smallest absolute Gasteiger partial charge is 0.260 e. The van der Waals surface area contributed by atoms with Crippen molar-refractivity contribution < 1.29 is 9.53 Å². The normalized spacial score (nSPS) is 17.9. The van der Waals surface area contributed by atoms with E-state index in [4.69, 9.17) is 4.74 Å². The molecule has 0 N–H and O–H groups in total. The quantitative estimate of drug-likeness (QED) is 0.801. The van der Waals surface area contributed by atoms with Crippen LogP contribution in [0.15, 0.2) is 54.6 Å². The third-order valence-electron chi connectivity index (χ3n) is 5.03. The Bertz CT molecular complexity index is 700. The largest absolute Gasteiger partial charge is 0.484 e. The van der Waals surface area contributed by atoms with Crippen LogP contribution in [0.5, 0.6) is 5.75 Å². The molecule has 1 unspecified atom stereocenters. The van der Waals surface area contributed by atoms with E-state index in [1.165, 1.54) is 11.1 Å². The van der Waals surface area contributed by atoms with E-state index in [0.717, 1.165) is 38.3 Å². The Balaban J connectivity index is 1.43. The summed E-state index contributed by atoms with van der Waals surface area (Å²) >= 11 is 0. The van der Waals surface area contributed by atoms with Gasteiger partial charge in [-0.3, -0.25) is 9.69 Å². The van der Waals surface area contributed by atoms with Gasteiger partial charge in [0.05, 0.1) is 0 Å². The molecule has 1 atom stereocenters. The molecule has 1 fully saturated rings. The molecule has 0 spiro atoms. The minimum absolute atomic E-state index is 0.0696. The molecule has 0 bridgehead atoms. The molecule has 1 aliphatic heterocycles. The topological polar surface area (TPSA) is 32.8 Å². The van der Waals surface area contributed by atoms with Crippen LogP contribution in [-0.4, -0.2) is 54.5 Å². The lowest BCUT2D eigenvalue weighted by Crippen LogP contribution is -2.54. The summed E-state index contributed by atoms with van der Waals surface area (Å²) in [4.78, 5) is 16.9. The van der Waals surface area contributed by atoms with Crippen LogP contribution in [0.2, 0.25) is 0 Å². The summed E-state index contributed by atoms with van der Waals surface area (Å²) in [6.45, 7) is 7.84. The number of rotatable bonds is 6. The van der Waals surface area contributed by atoms with Crippen LogP contribution in [0.1, 0.15) is 18.1 Å². The third-order valence-corrected chi connectivity index (χ3v) is 5.03. The van der Waals surface area contributed by atoms with Crippen LogP contribution in [-0.2, 0) is 11.2 Å². The highest BCUT2D eigenvalue weighted by molar-refractivity contribution is 5.78. The number of carbonyl (C=O) groups excluding carboxylic acids is 1. The number of carbonyl (C=O) groups is 1. The van der Waals surface area contributed by atoms with Crippen LogP contribution < -0.4 is 4.74 Å². The van der Waals surface area contributed by atoms with Gasteiger partial charge in [-0.15, -0.1) is 0 Å². The van der Waals surface area contributed by atoms with Gasteiger partial charge in [0.2, 0.25) is 0 Å². The molecule has 138 valence electrons. The van der Waals surface area contributed by atoms with Crippen molar-refractivity contribution in [1.82, 2.24) is 9.80 Å². The molecule has 3 rings (SSSR count). The second-order valence-corrected chi connectivity index (χ2v) is 7.06. The van der Waals surface area contributed by atoms with Crippen molar-refractivity contribution in [3.8, 4) is 5.75 Å². The fourth-order valence-electron chi connectivity index (χ4n) is 3.34. The monoisotopic (exact) mass is 352 g/mol. The zero-order valence-electron chi connectivity index (χ0n) is 15.7. The summed E-state index contributed by atoms with van der Waals surface area (Å²) in [5.74, 6) is 0.818. The second-order valence-electron chi connectivity index (χ2n) is 7.06. The van der Waals surface area contributed by atoms with E-state index in [-0.39, 0.29) is 12.5 Å². The van der Waals surface area contributed by atoms with E-state index in [1.807, 2.05) is 36.1 Å². The lowest BCUT2D eigenvalue weighted by Gasteiger charge is -2.39. The number of hydrogen-bond donors (Lipinski definition) is 0. The molecule has 2 aromatic carbocycles.